The number of carbonyl (C=O) groups is 2. The molecule has 8 heteroatoms. The third-order valence-electron chi connectivity index (χ3n) is 5.58. The molecule has 1 aromatic heterocycles. The van der Waals surface area contributed by atoms with Crippen molar-refractivity contribution in [1.82, 2.24) is 25.4 Å². The number of aryl methyl sites for hydroxylation is 1. The molecule has 1 aliphatic rings. The summed E-state index contributed by atoms with van der Waals surface area (Å²) in [6.07, 6.45) is 6.39. The number of aromatic nitrogens is 3. The zero-order chi connectivity index (χ0) is 22.2. The molecule has 0 saturated heterocycles. The summed E-state index contributed by atoms with van der Waals surface area (Å²) in [5, 5.41) is 15.2. The summed E-state index contributed by atoms with van der Waals surface area (Å²) in [5.41, 5.74) is 1.64. The molecule has 1 aromatic carbocycles. The van der Waals surface area contributed by atoms with Crippen molar-refractivity contribution in [2.45, 2.75) is 63.8 Å². The van der Waals surface area contributed by atoms with Gasteiger partial charge in [0.05, 0.1) is 12.3 Å². The minimum absolute atomic E-state index is 0.0196. The number of rotatable bonds is 9. The number of benzene rings is 1. The maximum absolute atomic E-state index is 12.4. The van der Waals surface area contributed by atoms with Crippen LogP contribution < -0.4 is 10.6 Å². The Morgan fingerprint density at radius 2 is 2.10 bits per heavy atom. The van der Waals surface area contributed by atoms with E-state index in [0.29, 0.717) is 29.0 Å². The summed E-state index contributed by atoms with van der Waals surface area (Å²) in [4.78, 5) is 24.9. The number of hydrogen-bond donors (Lipinski definition) is 2. The van der Waals surface area contributed by atoms with Gasteiger partial charge >= 0.3 is 0 Å². The van der Waals surface area contributed by atoms with E-state index < -0.39 is 0 Å². The number of hydrogen-bond acceptors (Lipinski definition) is 5. The van der Waals surface area contributed by atoms with Crippen LogP contribution in [0.3, 0.4) is 0 Å². The fourth-order valence-corrected chi connectivity index (χ4v) is 4.60. The topological polar surface area (TPSA) is 88.9 Å². The van der Waals surface area contributed by atoms with E-state index in [9.17, 15) is 9.59 Å². The van der Waals surface area contributed by atoms with Gasteiger partial charge in [0.1, 0.15) is 0 Å². The van der Waals surface area contributed by atoms with Crippen molar-refractivity contribution in [3.8, 4) is 0 Å². The third-order valence-corrected chi connectivity index (χ3v) is 6.55. The van der Waals surface area contributed by atoms with E-state index in [1.54, 1.807) is 12.1 Å². The quantitative estimate of drug-likeness (QED) is 0.459. The van der Waals surface area contributed by atoms with Gasteiger partial charge in [0.25, 0.3) is 5.91 Å². The van der Waals surface area contributed by atoms with E-state index in [0.717, 1.165) is 12.0 Å². The standard InChI is InChI=1S/C23H31N5O2S/c1-4-12-28-20(14-24-22(30)18-10-7-8-16(2)13-18)26-27-23(28)31-15-21(29)25-19-11-6-5-9-17(19)3/h4,7-8,10,13,17,19H,1,5-6,9,11-12,14-15H2,2-3H3,(H,24,30)(H,25,29)/t17-,19-/m0/s1. The van der Waals surface area contributed by atoms with Crippen LogP contribution in [0.2, 0.25) is 0 Å². The molecule has 1 heterocycles. The Morgan fingerprint density at radius 1 is 1.29 bits per heavy atom. The summed E-state index contributed by atoms with van der Waals surface area (Å²) in [7, 11) is 0. The fraction of sp³-hybridized carbons (Fsp3) is 0.478. The van der Waals surface area contributed by atoms with Gasteiger partial charge in [0.2, 0.25) is 5.91 Å². The van der Waals surface area contributed by atoms with Crippen molar-refractivity contribution >= 4 is 23.6 Å². The van der Waals surface area contributed by atoms with Gasteiger partial charge in [0.15, 0.2) is 11.0 Å². The monoisotopic (exact) mass is 441 g/mol. The maximum atomic E-state index is 12.4. The first kappa shape index (κ1) is 23.1. The Balaban J connectivity index is 1.57. The Bertz CT molecular complexity index is 926. The van der Waals surface area contributed by atoms with Crippen molar-refractivity contribution in [2.24, 2.45) is 5.92 Å². The van der Waals surface area contributed by atoms with Gasteiger partial charge in [-0.05, 0) is 37.8 Å². The van der Waals surface area contributed by atoms with Crippen molar-refractivity contribution < 1.29 is 9.59 Å². The maximum Gasteiger partial charge on any atom is 0.251 e. The molecule has 2 aromatic rings. The summed E-state index contributed by atoms with van der Waals surface area (Å²) in [5.74, 6) is 1.30. The van der Waals surface area contributed by atoms with Gasteiger partial charge in [-0.2, -0.15) is 0 Å². The second-order valence-corrected chi connectivity index (χ2v) is 9.02. The molecule has 3 rings (SSSR count). The van der Waals surface area contributed by atoms with Gasteiger partial charge in [-0.25, -0.2) is 0 Å². The molecule has 166 valence electrons. The van der Waals surface area contributed by atoms with E-state index in [1.165, 1.54) is 31.0 Å². The number of nitrogens with one attached hydrogen (secondary N) is 2. The molecule has 0 unspecified atom stereocenters. The van der Waals surface area contributed by atoms with Gasteiger partial charge in [-0.3, -0.25) is 9.59 Å². The minimum Gasteiger partial charge on any atom is -0.352 e. The highest BCUT2D eigenvalue weighted by Gasteiger charge is 2.23. The molecule has 2 amide bonds. The number of amides is 2. The molecular weight excluding hydrogens is 410 g/mol. The lowest BCUT2D eigenvalue weighted by atomic mass is 9.86. The Labute approximate surface area is 188 Å². The summed E-state index contributed by atoms with van der Waals surface area (Å²) in [6, 6.07) is 7.70. The second kappa shape index (κ2) is 11.1. The Kier molecular flexibility index (Phi) is 8.28. The zero-order valence-corrected chi connectivity index (χ0v) is 19.1. The summed E-state index contributed by atoms with van der Waals surface area (Å²) < 4.78 is 1.88. The number of nitrogens with zero attached hydrogens (tertiary/aromatic N) is 3. The average molecular weight is 442 g/mol. The molecule has 1 aliphatic carbocycles. The number of thioether (sulfide) groups is 1. The number of carbonyl (C=O) groups excluding carboxylic acids is 2. The molecule has 0 aliphatic heterocycles. The van der Waals surface area contributed by atoms with E-state index in [4.69, 9.17) is 0 Å². The van der Waals surface area contributed by atoms with Gasteiger partial charge in [-0.15, -0.1) is 16.8 Å². The first-order valence-electron chi connectivity index (χ1n) is 10.8. The van der Waals surface area contributed by atoms with Crippen molar-refractivity contribution in [2.75, 3.05) is 5.75 Å². The lowest BCUT2D eigenvalue weighted by Crippen LogP contribution is -2.41. The molecule has 1 fully saturated rings. The normalized spacial score (nSPS) is 18.4. The lowest BCUT2D eigenvalue weighted by Gasteiger charge is -2.29. The zero-order valence-electron chi connectivity index (χ0n) is 18.3. The predicted octanol–water partition coefficient (Wildman–Crippen LogP) is 3.49. The average Bonchev–Trinajstić information content (AvgIpc) is 3.14. The molecule has 0 radical (unpaired) electrons. The summed E-state index contributed by atoms with van der Waals surface area (Å²) in [6.45, 7) is 8.71. The van der Waals surface area contributed by atoms with Crippen LogP contribution in [0.15, 0.2) is 42.1 Å². The smallest absolute Gasteiger partial charge is 0.251 e. The van der Waals surface area contributed by atoms with Crippen LogP contribution in [0.4, 0.5) is 0 Å². The molecule has 2 atom stereocenters. The molecule has 2 N–H and O–H groups in total. The molecule has 31 heavy (non-hydrogen) atoms. The highest BCUT2D eigenvalue weighted by atomic mass is 32.2. The SMILES string of the molecule is C=CCn1c(CNC(=O)c2cccc(C)c2)nnc1SCC(=O)N[C@H]1CCCC[C@@H]1C. The molecular formula is C23H31N5O2S. The molecule has 0 bridgehead atoms. The van der Waals surface area contributed by atoms with Crippen LogP contribution in [0.25, 0.3) is 0 Å². The molecule has 7 nitrogen and oxygen atoms in total. The van der Waals surface area contributed by atoms with E-state index in [1.807, 2.05) is 29.7 Å². The largest absolute Gasteiger partial charge is 0.352 e. The van der Waals surface area contributed by atoms with Crippen molar-refractivity contribution in [1.29, 1.82) is 0 Å². The highest BCUT2D eigenvalue weighted by Crippen LogP contribution is 2.24. The Hall–Kier alpha value is -2.61. The second-order valence-electron chi connectivity index (χ2n) is 8.07. The molecule has 1 saturated carbocycles. The van der Waals surface area contributed by atoms with Crippen LogP contribution in [0.1, 0.15) is 54.4 Å². The van der Waals surface area contributed by atoms with Crippen LogP contribution in [0.5, 0.6) is 0 Å². The van der Waals surface area contributed by atoms with Gasteiger partial charge in [-0.1, -0.05) is 55.3 Å². The minimum atomic E-state index is -0.160. The third kappa shape index (κ3) is 6.43. The van der Waals surface area contributed by atoms with Crippen LogP contribution in [0, 0.1) is 12.8 Å². The van der Waals surface area contributed by atoms with Crippen molar-refractivity contribution in [3.05, 3.63) is 53.9 Å². The highest BCUT2D eigenvalue weighted by molar-refractivity contribution is 7.99. The lowest BCUT2D eigenvalue weighted by molar-refractivity contribution is -0.119. The van der Waals surface area contributed by atoms with E-state index in [-0.39, 0.29) is 30.2 Å². The van der Waals surface area contributed by atoms with E-state index in [2.05, 4.69) is 34.3 Å². The predicted molar refractivity (Wildman–Crippen MR) is 123 cm³/mol. The first-order valence-corrected chi connectivity index (χ1v) is 11.8. The molecule has 0 spiro atoms. The van der Waals surface area contributed by atoms with Gasteiger partial charge < -0.3 is 15.2 Å². The van der Waals surface area contributed by atoms with Crippen LogP contribution in [-0.2, 0) is 17.9 Å². The number of allylic oxidation sites excluding steroid dienone is 1. The fourth-order valence-electron chi connectivity index (χ4n) is 3.83. The van der Waals surface area contributed by atoms with Crippen LogP contribution >= 0.6 is 11.8 Å². The first-order chi connectivity index (χ1) is 15.0. The summed E-state index contributed by atoms with van der Waals surface area (Å²) >= 11 is 1.36. The van der Waals surface area contributed by atoms with Gasteiger partial charge in [0, 0.05) is 18.2 Å². The van der Waals surface area contributed by atoms with E-state index >= 15 is 0 Å². The Morgan fingerprint density at radius 3 is 2.84 bits per heavy atom. The van der Waals surface area contributed by atoms with Crippen molar-refractivity contribution in [3.63, 3.8) is 0 Å². The van der Waals surface area contributed by atoms with Crippen LogP contribution in [-0.4, -0.2) is 38.4 Å².